The molecule has 0 aliphatic rings. The van der Waals surface area contributed by atoms with E-state index in [1.807, 2.05) is 0 Å². The molecule has 6 nitrogen and oxygen atoms in total. The maximum atomic E-state index is 11.7. The van der Waals surface area contributed by atoms with E-state index >= 15 is 0 Å². The zero-order valence-corrected chi connectivity index (χ0v) is 15.9. The topological polar surface area (TPSA) is 89.9 Å². The van der Waals surface area contributed by atoms with Crippen molar-refractivity contribution in [3.8, 4) is 11.5 Å². The molecule has 0 aliphatic carbocycles. The minimum atomic E-state index is -1.07. The molecule has 3 rings (SSSR count). The Balaban J connectivity index is 2.24. The molecule has 0 aromatic heterocycles. The van der Waals surface area contributed by atoms with Gasteiger partial charge in [0.2, 0.25) is 0 Å². The molecule has 0 fully saturated rings. The molecule has 0 amide bonds. The normalized spacial score (nSPS) is 10.5. The van der Waals surface area contributed by atoms with Crippen LogP contribution in [0.2, 0.25) is 0 Å². The number of carbonyl (C=O) groups excluding carboxylic acids is 2. The Bertz CT molecular complexity index is 1090. The molecule has 3 aromatic rings. The van der Waals surface area contributed by atoms with Crippen LogP contribution >= 0.6 is 11.8 Å². The fourth-order valence-corrected chi connectivity index (χ4v) is 3.77. The van der Waals surface area contributed by atoms with Gasteiger partial charge in [-0.25, -0.2) is 4.79 Å². The molecule has 7 heteroatoms. The van der Waals surface area contributed by atoms with Gasteiger partial charge in [-0.15, -0.1) is 0 Å². The predicted octanol–water partition coefficient (Wildman–Crippen LogP) is 4.54. The fraction of sp³-hybridized carbons (Fsp3) is 0.0952. The molecule has 0 saturated carbocycles. The highest BCUT2D eigenvalue weighted by Gasteiger charge is 2.20. The van der Waals surface area contributed by atoms with E-state index in [1.165, 1.54) is 19.9 Å². The van der Waals surface area contributed by atoms with Crippen LogP contribution in [0.3, 0.4) is 0 Å². The number of rotatable bonds is 5. The van der Waals surface area contributed by atoms with Gasteiger partial charge >= 0.3 is 17.9 Å². The van der Waals surface area contributed by atoms with Crippen LogP contribution in [0, 0.1) is 0 Å². The van der Waals surface area contributed by atoms with Crippen molar-refractivity contribution in [2.75, 3.05) is 0 Å². The summed E-state index contributed by atoms with van der Waals surface area (Å²) in [5, 5.41) is 10.6. The van der Waals surface area contributed by atoms with Crippen LogP contribution in [-0.2, 0) is 9.59 Å². The number of ether oxygens (including phenoxy) is 2. The van der Waals surface area contributed by atoms with E-state index in [0.717, 1.165) is 11.8 Å². The summed E-state index contributed by atoms with van der Waals surface area (Å²) in [7, 11) is 0. The number of carbonyl (C=O) groups is 3. The Hall–Kier alpha value is -3.32. The summed E-state index contributed by atoms with van der Waals surface area (Å²) in [6, 6.07) is 15.1. The molecule has 0 bridgehead atoms. The molecule has 0 aliphatic heterocycles. The maximum Gasteiger partial charge on any atom is 0.336 e. The molecular weight excluding hydrogens is 380 g/mol. The Labute approximate surface area is 165 Å². The van der Waals surface area contributed by atoms with E-state index in [1.54, 1.807) is 48.5 Å². The van der Waals surface area contributed by atoms with Gasteiger partial charge in [0.15, 0.2) is 5.75 Å². The Morgan fingerprint density at radius 2 is 1.43 bits per heavy atom. The van der Waals surface area contributed by atoms with Gasteiger partial charge in [-0.2, -0.15) is 0 Å². The highest BCUT2D eigenvalue weighted by atomic mass is 32.2. The average molecular weight is 396 g/mol. The van der Waals surface area contributed by atoms with Gasteiger partial charge < -0.3 is 14.6 Å². The van der Waals surface area contributed by atoms with E-state index < -0.39 is 17.9 Å². The lowest BCUT2D eigenvalue weighted by molar-refractivity contribution is -0.133. The number of carboxylic acids is 1. The number of esters is 2. The largest absolute Gasteiger partial charge is 0.478 e. The van der Waals surface area contributed by atoms with Crippen molar-refractivity contribution >= 4 is 40.4 Å². The maximum absolute atomic E-state index is 11.7. The zero-order chi connectivity index (χ0) is 20.3. The van der Waals surface area contributed by atoms with Crippen molar-refractivity contribution < 1.29 is 29.0 Å². The molecule has 0 spiro atoms. The van der Waals surface area contributed by atoms with Crippen LogP contribution in [0.25, 0.3) is 10.8 Å². The SMILES string of the molecule is CC(=O)Oc1cc(Sc2ccccc2C(=O)O)c(OC(C)=O)c2ccccc12. The van der Waals surface area contributed by atoms with Gasteiger partial charge in [0.1, 0.15) is 5.75 Å². The highest BCUT2D eigenvalue weighted by Crippen LogP contribution is 2.45. The summed E-state index contributed by atoms with van der Waals surface area (Å²) in [4.78, 5) is 35.7. The van der Waals surface area contributed by atoms with Crippen molar-refractivity contribution in [3.05, 3.63) is 60.2 Å². The monoisotopic (exact) mass is 396 g/mol. The van der Waals surface area contributed by atoms with Crippen molar-refractivity contribution in [3.63, 3.8) is 0 Å². The molecule has 0 saturated heterocycles. The summed E-state index contributed by atoms with van der Waals surface area (Å²) in [5.74, 6) is -1.50. The number of carboxylic acid groups (broad SMARTS) is 1. The van der Waals surface area contributed by atoms with Crippen LogP contribution < -0.4 is 9.47 Å². The van der Waals surface area contributed by atoms with Gasteiger partial charge in [-0.05, 0) is 18.2 Å². The summed E-state index contributed by atoms with van der Waals surface area (Å²) in [6.07, 6.45) is 0. The van der Waals surface area contributed by atoms with Gasteiger partial charge in [0.25, 0.3) is 0 Å². The first-order chi connectivity index (χ1) is 13.4. The Morgan fingerprint density at radius 1 is 0.821 bits per heavy atom. The van der Waals surface area contributed by atoms with E-state index in [4.69, 9.17) is 9.47 Å². The van der Waals surface area contributed by atoms with Crippen molar-refractivity contribution in [2.24, 2.45) is 0 Å². The summed E-state index contributed by atoms with van der Waals surface area (Å²) in [6.45, 7) is 2.58. The van der Waals surface area contributed by atoms with E-state index in [2.05, 4.69) is 0 Å². The third-order valence-electron chi connectivity index (χ3n) is 3.76. The second-order valence-electron chi connectivity index (χ2n) is 5.84. The van der Waals surface area contributed by atoms with Crippen LogP contribution in [0.5, 0.6) is 11.5 Å². The average Bonchev–Trinajstić information content (AvgIpc) is 2.64. The molecule has 0 unspecified atom stereocenters. The predicted molar refractivity (Wildman–Crippen MR) is 104 cm³/mol. The first kappa shape index (κ1) is 19.4. The van der Waals surface area contributed by atoms with Crippen LogP contribution in [0.4, 0.5) is 0 Å². The van der Waals surface area contributed by atoms with E-state index in [-0.39, 0.29) is 11.3 Å². The Morgan fingerprint density at radius 3 is 2.07 bits per heavy atom. The number of hydrogen-bond acceptors (Lipinski definition) is 6. The lowest BCUT2D eigenvalue weighted by Gasteiger charge is -2.16. The van der Waals surface area contributed by atoms with E-state index in [9.17, 15) is 19.5 Å². The van der Waals surface area contributed by atoms with Crippen molar-refractivity contribution in [1.29, 1.82) is 0 Å². The first-order valence-electron chi connectivity index (χ1n) is 8.29. The molecule has 142 valence electrons. The third-order valence-corrected chi connectivity index (χ3v) is 4.86. The van der Waals surface area contributed by atoms with Crippen LogP contribution in [0.1, 0.15) is 24.2 Å². The fourth-order valence-electron chi connectivity index (χ4n) is 2.71. The molecule has 0 heterocycles. The highest BCUT2D eigenvalue weighted by molar-refractivity contribution is 7.99. The first-order valence-corrected chi connectivity index (χ1v) is 9.11. The lowest BCUT2D eigenvalue weighted by atomic mass is 10.1. The number of aromatic carboxylic acids is 1. The number of hydrogen-bond donors (Lipinski definition) is 1. The molecule has 1 N–H and O–H groups in total. The molecule has 0 atom stereocenters. The van der Waals surface area contributed by atoms with Gasteiger partial charge in [-0.1, -0.05) is 48.2 Å². The summed E-state index contributed by atoms with van der Waals surface area (Å²) < 4.78 is 10.8. The van der Waals surface area contributed by atoms with Crippen molar-refractivity contribution in [2.45, 2.75) is 23.6 Å². The van der Waals surface area contributed by atoms with Gasteiger partial charge in [0, 0.05) is 29.5 Å². The number of benzene rings is 3. The standard InChI is InChI=1S/C21H16O6S/c1-12(22)26-17-11-19(28-18-10-6-5-9-16(18)21(24)25)20(27-13(2)23)15-8-4-3-7-14(15)17/h3-11H,1-2H3,(H,24,25). The lowest BCUT2D eigenvalue weighted by Crippen LogP contribution is -2.06. The van der Waals surface area contributed by atoms with Gasteiger partial charge in [0.05, 0.1) is 10.5 Å². The van der Waals surface area contributed by atoms with E-state index in [0.29, 0.717) is 26.3 Å². The van der Waals surface area contributed by atoms with Crippen LogP contribution in [0.15, 0.2) is 64.4 Å². The molecular formula is C21H16O6S. The second kappa shape index (κ2) is 8.14. The summed E-state index contributed by atoms with van der Waals surface area (Å²) >= 11 is 1.12. The quantitative estimate of drug-likeness (QED) is 0.500. The van der Waals surface area contributed by atoms with Gasteiger partial charge in [-0.3, -0.25) is 9.59 Å². The smallest absolute Gasteiger partial charge is 0.336 e. The van der Waals surface area contributed by atoms with Crippen molar-refractivity contribution in [1.82, 2.24) is 0 Å². The minimum absolute atomic E-state index is 0.114. The minimum Gasteiger partial charge on any atom is -0.478 e. The number of fused-ring (bicyclic) bond motifs is 1. The third kappa shape index (κ3) is 4.15. The Kier molecular flexibility index (Phi) is 5.65. The van der Waals surface area contributed by atoms with Crippen LogP contribution in [-0.4, -0.2) is 23.0 Å². The molecule has 3 aromatic carbocycles. The zero-order valence-electron chi connectivity index (χ0n) is 15.1. The summed E-state index contributed by atoms with van der Waals surface area (Å²) in [5.41, 5.74) is 0.114. The molecule has 0 radical (unpaired) electrons. The molecule has 28 heavy (non-hydrogen) atoms. The second-order valence-corrected chi connectivity index (χ2v) is 6.92.